The minimum atomic E-state index is -0.00778. The molecule has 0 bridgehead atoms. The van der Waals surface area contributed by atoms with E-state index < -0.39 is 0 Å². The number of aryl methyl sites for hydroxylation is 1. The fraction of sp³-hybridized carbons (Fsp3) is 0.500. The Labute approximate surface area is 158 Å². The molecule has 2 aromatic rings. The van der Waals surface area contributed by atoms with E-state index in [4.69, 9.17) is 4.74 Å². The minimum Gasteiger partial charge on any atom is -0.379 e. The summed E-state index contributed by atoms with van der Waals surface area (Å²) in [6.07, 6.45) is 6.52. The molecule has 0 radical (unpaired) electrons. The maximum absolute atomic E-state index is 11.9. The van der Waals surface area contributed by atoms with Gasteiger partial charge in [-0.1, -0.05) is 6.07 Å². The molecule has 1 atom stereocenters. The Morgan fingerprint density at radius 2 is 2.08 bits per heavy atom. The van der Waals surface area contributed by atoms with Crippen molar-refractivity contribution in [1.29, 1.82) is 0 Å². The molecule has 2 aromatic heterocycles. The van der Waals surface area contributed by atoms with E-state index in [1.165, 1.54) is 28.8 Å². The Bertz CT molecular complexity index is 769. The van der Waals surface area contributed by atoms with Crippen LogP contribution < -0.4 is 5.32 Å². The van der Waals surface area contributed by atoms with Gasteiger partial charge in [-0.15, -0.1) is 11.3 Å². The zero-order valence-electron chi connectivity index (χ0n) is 15.2. The molecule has 3 heterocycles. The van der Waals surface area contributed by atoms with Crippen molar-refractivity contribution in [1.82, 2.24) is 9.88 Å². The van der Waals surface area contributed by atoms with E-state index >= 15 is 0 Å². The van der Waals surface area contributed by atoms with Gasteiger partial charge in [0.05, 0.1) is 24.9 Å². The SMILES string of the molecule is CC(=O)Nc1sc2c(c1[C@@H](c1ccccn1)N1CCOCC1)CCCC2. The van der Waals surface area contributed by atoms with E-state index in [1.54, 1.807) is 18.3 Å². The quantitative estimate of drug-likeness (QED) is 0.895. The second kappa shape index (κ2) is 7.86. The lowest BCUT2D eigenvalue weighted by molar-refractivity contribution is -0.114. The first kappa shape index (κ1) is 17.6. The number of amides is 1. The van der Waals surface area contributed by atoms with Gasteiger partial charge in [0.1, 0.15) is 5.00 Å². The maximum Gasteiger partial charge on any atom is 0.221 e. The number of hydrogen-bond donors (Lipinski definition) is 1. The van der Waals surface area contributed by atoms with E-state index in [9.17, 15) is 4.79 Å². The second-order valence-corrected chi connectivity index (χ2v) is 8.05. The summed E-state index contributed by atoms with van der Waals surface area (Å²) in [5.41, 5.74) is 3.75. The van der Waals surface area contributed by atoms with E-state index in [0.29, 0.717) is 0 Å². The lowest BCUT2D eigenvalue weighted by Crippen LogP contribution is -2.40. The van der Waals surface area contributed by atoms with Gasteiger partial charge in [-0.05, 0) is 43.4 Å². The Balaban J connectivity index is 1.84. The van der Waals surface area contributed by atoms with Gasteiger partial charge < -0.3 is 10.1 Å². The van der Waals surface area contributed by atoms with Crippen LogP contribution in [0, 0.1) is 0 Å². The third-order valence-corrected chi connectivity index (χ3v) is 6.38. The van der Waals surface area contributed by atoms with Crippen LogP contribution in [0.25, 0.3) is 0 Å². The van der Waals surface area contributed by atoms with Crippen LogP contribution in [0.1, 0.15) is 47.5 Å². The van der Waals surface area contributed by atoms with Crippen LogP contribution in [0.5, 0.6) is 0 Å². The van der Waals surface area contributed by atoms with Crippen molar-refractivity contribution in [2.24, 2.45) is 0 Å². The number of thiophene rings is 1. The van der Waals surface area contributed by atoms with Crippen molar-refractivity contribution >= 4 is 22.2 Å². The molecule has 1 fully saturated rings. The molecule has 0 saturated carbocycles. The third-order valence-electron chi connectivity index (χ3n) is 5.15. The lowest BCUT2D eigenvalue weighted by Gasteiger charge is -2.35. The van der Waals surface area contributed by atoms with E-state index in [0.717, 1.165) is 49.8 Å². The average Bonchev–Trinajstić information content (AvgIpc) is 3.01. The van der Waals surface area contributed by atoms with Gasteiger partial charge in [0, 0.05) is 36.7 Å². The van der Waals surface area contributed by atoms with Crippen molar-refractivity contribution in [3.63, 3.8) is 0 Å². The zero-order chi connectivity index (χ0) is 17.9. The van der Waals surface area contributed by atoms with Gasteiger partial charge in [0.15, 0.2) is 0 Å². The first-order chi connectivity index (χ1) is 12.7. The van der Waals surface area contributed by atoms with Crippen LogP contribution in [-0.4, -0.2) is 42.1 Å². The van der Waals surface area contributed by atoms with Crippen LogP contribution in [0.15, 0.2) is 24.4 Å². The molecule has 138 valence electrons. The summed E-state index contributed by atoms with van der Waals surface area (Å²) in [4.78, 5) is 20.4. The average molecular weight is 372 g/mol. The number of carbonyl (C=O) groups excluding carboxylic acids is 1. The normalized spacial score (nSPS) is 19.0. The monoisotopic (exact) mass is 371 g/mol. The van der Waals surface area contributed by atoms with E-state index in [2.05, 4.69) is 21.3 Å². The number of ether oxygens (including phenoxy) is 1. The zero-order valence-corrected chi connectivity index (χ0v) is 16.0. The van der Waals surface area contributed by atoms with Crippen molar-refractivity contribution in [2.45, 2.75) is 38.6 Å². The number of nitrogens with one attached hydrogen (secondary N) is 1. The Morgan fingerprint density at radius 1 is 1.27 bits per heavy atom. The highest BCUT2D eigenvalue weighted by Gasteiger charge is 2.33. The molecule has 1 saturated heterocycles. The minimum absolute atomic E-state index is 0.00778. The van der Waals surface area contributed by atoms with Gasteiger partial charge >= 0.3 is 0 Å². The van der Waals surface area contributed by atoms with Crippen LogP contribution in [0.4, 0.5) is 5.00 Å². The number of anilines is 1. The van der Waals surface area contributed by atoms with Gasteiger partial charge in [0.2, 0.25) is 5.91 Å². The summed E-state index contributed by atoms with van der Waals surface area (Å²) in [7, 11) is 0. The molecule has 0 unspecified atom stereocenters. The number of carbonyl (C=O) groups is 1. The fourth-order valence-corrected chi connectivity index (χ4v) is 5.39. The second-order valence-electron chi connectivity index (χ2n) is 6.94. The number of hydrogen-bond acceptors (Lipinski definition) is 5. The van der Waals surface area contributed by atoms with E-state index in [-0.39, 0.29) is 11.9 Å². The molecule has 6 heteroatoms. The van der Waals surface area contributed by atoms with Crippen LogP contribution in [-0.2, 0) is 22.4 Å². The largest absolute Gasteiger partial charge is 0.379 e. The number of fused-ring (bicyclic) bond motifs is 1. The number of aromatic nitrogens is 1. The number of morpholine rings is 1. The lowest BCUT2D eigenvalue weighted by atomic mass is 9.90. The smallest absolute Gasteiger partial charge is 0.221 e. The first-order valence-electron chi connectivity index (χ1n) is 9.39. The van der Waals surface area contributed by atoms with Crippen molar-refractivity contribution < 1.29 is 9.53 Å². The molecule has 26 heavy (non-hydrogen) atoms. The summed E-state index contributed by atoms with van der Waals surface area (Å²) in [6.45, 7) is 4.83. The number of rotatable bonds is 4. The Kier molecular flexibility index (Phi) is 5.33. The molecule has 1 aliphatic heterocycles. The van der Waals surface area contributed by atoms with Crippen molar-refractivity contribution in [3.8, 4) is 0 Å². The molecule has 0 spiro atoms. The molecule has 1 aliphatic carbocycles. The van der Waals surface area contributed by atoms with Gasteiger partial charge in [-0.3, -0.25) is 14.7 Å². The Morgan fingerprint density at radius 3 is 2.81 bits per heavy atom. The molecule has 2 aliphatic rings. The molecular formula is C20H25N3O2S. The summed E-state index contributed by atoms with van der Waals surface area (Å²) >= 11 is 1.76. The summed E-state index contributed by atoms with van der Waals surface area (Å²) < 4.78 is 5.58. The molecular weight excluding hydrogens is 346 g/mol. The van der Waals surface area contributed by atoms with Crippen molar-refractivity contribution in [3.05, 3.63) is 46.1 Å². The fourth-order valence-electron chi connectivity index (χ4n) is 4.02. The molecule has 4 rings (SSSR count). The molecule has 0 aromatic carbocycles. The highest BCUT2D eigenvalue weighted by molar-refractivity contribution is 7.16. The van der Waals surface area contributed by atoms with Gasteiger partial charge in [-0.2, -0.15) is 0 Å². The summed E-state index contributed by atoms with van der Waals surface area (Å²) in [5, 5.41) is 4.12. The van der Waals surface area contributed by atoms with Crippen molar-refractivity contribution in [2.75, 3.05) is 31.6 Å². The number of pyridine rings is 1. The standard InChI is InChI=1S/C20H25N3O2S/c1-14(24)22-20-18(15-6-2-3-8-17(15)26-20)19(16-7-4-5-9-21-16)23-10-12-25-13-11-23/h4-5,7,9,19H,2-3,6,8,10-13H2,1H3,(H,22,24)/t19-/m1/s1. The highest BCUT2D eigenvalue weighted by atomic mass is 32.1. The molecule has 1 amide bonds. The first-order valence-corrected chi connectivity index (χ1v) is 10.2. The molecule has 1 N–H and O–H groups in total. The summed E-state index contributed by atoms with van der Waals surface area (Å²) in [6, 6.07) is 6.18. The predicted molar refractivity (Wildman–Crippen MR) is 104 cm³/mol. The summed E-state index contributed by atoms with van der Waals surface area (Å²) in [5.74, 6) is -0.00778. The van der Waals surface area contributed by atoms with E-state index in [1.807, 2.05) is 18.3 Å². The Hall–Kier alpha value is -1.76. The third kappa shape index (κ3) is 3.54. The highest BCUT2D eigenvalue weighted by Crippen LogP contribution is 2.45. The topological polar surface area (TPSA) is 54.5 Å². The van der Waals surface area contributed by atoms with Gasteiger partial charge in [0.25, 0.3) is 0 Å². The predicted octanol–water partition coefficient (Wildman–Crippen LogP) is 3.40. The number of nitrogens with zero attached hydrogens (tertiary/aromatic N) is 2. The maximum atomic E-state index is 11.9. The van der Waals surface area contributed by atoms with Crippen LogP contribution >= 0.6 is 11.3 Å². The van der Waals surface area contributed by atoms with Crippen LogP contribution in [0.2, 0.25) is 0 Å². The molecule has 5 nitrogen and oxygen atoms in total. The van der Waals surface area contributed by atoms with Crippen LogP contribution in [0.3, 0.4) is 0 Å². The van der Waals surface area contributed by atoms with Gasteiger partial charge in [-0.25, -0.2) is 0 Å².